The van der Waals surface area contributed by atoms with E-state index in [0.717, 1.165) is 34.0 Å². The molecule has 6 aromatic carbocycles. The summed E-state index contributed by atoms with van der Waals surface area (Å²) in [7, 11) is 0. The second-order valence-electron chi connectivity index (χ2n) is 21.7. The summed E-state index contributed by atoms with van der Waals surface area (Å²) in [6.45, 7) is 30.4. The Hall–Kier alpha value is -6.33. The number of pyridine rings is 1. The van der Waals surface area contributed by atoms with Gasteiger partial charge in [0, 0.05) is 45.9 Å². The average molecular weight is 845 g/mol. The van der Waals surface area contributed by atoms with Crippen LogP contribution in [0.2, 0.25) is 0 Å². The molecule has 0 bridgehead atoms. The Balaban J connectivity index is 1.18. The van der Waals surface area contributed by atoms with Gasteiger partial charge in [-0.25, -0.2) is 4.98 Å². The van der Waals surface area contributed by atoms with Gasteiger partial charge in [-0.1, -0.05) is 137 Å². The number of aromatic nitrogens is 2. The Labute approximate surface area is 381 Å². The minimum atomic E-state index is -0.355. The number of nitrogens with zero attached hydrogens (tertiary/aromatic N) is 4. The van der Waals surface area contributed by atoms with Gasteiger partial charge < -0.3 is 14.5 Å². The van der Waals surface area contributed by atoms with Crippen LogP contribution in [0.1, 0.15) is 115 Å². The van der Waals surface area contributed by atoms with Crippen molar-refractivity contribution in [3.8, 4) is 17.3 Å². The fourth-order valence-corrected chi connectivity index (χ4v) is 9.32. The number of para-hydroxylation sites is 1. The van der Waals surface area contributed by atoms with Crippen molar-refractivity contribution in [2.24, 2.45) is 0 Å². The lowest BCUT2D eigenvalue weighted by molar-refractivity contribution is 0.481. The molecule has 1 aliphatic rings. The van der Waals surface area contributed by atoms with Crippen LogP contribution < -0.4 is 14.5 Å². The first kappa shape index (κ1) is 42.9. The Morgan fingerprint density at radius 1 is 0.484 bits per heavy atom. The van der Waals surface area contributed by atoms with Crippen molar-refractivity contribution < 1.29 is 4.74 Å². The second kappa shape index (κ2) is 15.4. The molecule has 9 rings (SSSR count). The Morgan fingerprint density at radius 3 is 1.73 bits per heavy atom. The Kier molecular flexibility index (Phi) is 10.4. The maximum atomic E-state index is 7.10. The molecule has 2 aromatic heterocycles. The zero-order valence-electron chi connectivity index (χ0n) is 40.2. The molecule has 0 amide bonds. The van der Waals surface area contributed by atoms with Crippen LogP contribution >= 0.6 is 0 Å². The third-order valence-corrected chi connectivity index (χ3v) is 13.5. The van der Waals surface area contributed by atoms with Gasteiger partial charge in [0.15, 0.2) is 0 Å². The fourth-order valence-electron chi connectivity index (χ4n) is 9.32. The van der Waals surface area contributed by atoms with E-state index in [1.54, 1.807) is 0 Å². The SMILES string of the molecule is Cc1cc2c(cc1C)N(c1cc(C(C)(C)C)cc(C(C)(C)C)c1)CN2c1cccc(Oc2cc(C(C)(C)c3ccccc3)c3c4ccccc4n(-c4cc(C(C)(C)C)ccn4)c3c2)c1. The lowest BCUT2D eigenvalue weighted by Crippen LogP contribution is -2.25. The molecule has 0 saturated carbocycles. The molecule has 5 nitrogen and oxygen atoms in total. The molecular formula is C59H64N4O. The number of anilines is 4. The van der Waals surface area contributed by atoms with Crippen LogP contribution in [0.25, 0.3) is 27.6 Å². The highest BCUT2D eigenvalue weighted by molar-refractivity contribution is 6.12. The molecule has 1 aliphatic heterocycles. The van der Waals surface area contributed by atoms with Crippen molar-refractivity contribution in [2.75, 3.05) is 16.5 Å². The zero-order chi connectivity index (χ0) is 45.5. The number of rotatable bonds is 7. The van der Waals surface area contributed by atoms with E-state index in [1.165, 1.54) is 66.8 Å². The summed E-state index contributed by atoms with van der Waals surface area (Å²) in [6, 6.07) is 49.0. The van der Waals surface area contributed by atoms with Gasteiger partial charge in [0.05, 0.1) is 22.4 Å². The van der Waals surface area contributed by atoms with Gasteiger partial charge in [0.1, 0.15) is 24.0 Å². The lowest BCUT2D eigenvalue weighted by atomic mass is 9.76. The van der Waals surface area contributed by atoms with Gasteiger partial charge in [0.25, 0.3) is 0 Å². The number of hydrogen-bond donors (Lipinski definition) is 0. The molecule has 8 aromatic rings. The number of fused-ring (bicyclic) bond motifs is 4. The van der Waals surface area contributed by atoms with Crippen LogP contribution in [0.4, 0.5) is 22.7 Å². The van der Waals surface area contributed by atoms with Crippen molar-refractivity contribution >= 4 is 44.6 Å². The number of ether oxygens (including phenoxy) is 1. The molecule has 5 heteroatoms. The second-order valence-corrected chi connectivity index (χ2v) is 21.7. The molecule has 0 unspecified atom stereocenters. The van der Waals surface area contributed by atoms with E-state index in [9.17, 15) is 0 Å². The number of aryl methyl sites for hydroxylation is 2. The van der Waals surface area contributed by atoms with E-state index >= 15 is 0 Å². The highest BCUT2D eigenvalue weighted by atomic mass is 16.5. The predicted molar refractivity (Wildman–Crippen MR) is 271 cm³/mol. The van der Waals surface area contributed by atoms with Crippen LogP contribution in [-0.2, 0) is 21.7 Å². The van der Waals surface area contributed by atoms with Gasteiger partial charge >= 0.3 is 0 Å². The third-order valence-electron chi connectivity index (χ3n) is 13.5. The van der Waals surface area contributed by atoms with Gasteiger partial charge in [0.2, 0.25) is 0 Å². The largest absolute Gasteiger partial charge is 0.457 e. The fraction of sp³-hybridized carbons (Fsp3) is 0.305. The third kappa shape index (κ3) is 7.73. The molecule has 326 valence electrons. The molecular weight excluding hydrogens is 781 g/mol. The van der Waals surface area contributed by atoms with Gasteiger partial charge in [-0.05, 0) is 130 Å². The topological polar surface area (TPSA) is 33.5 Å². The first-order valence-corrected chi connectivity index (χ1v) is 22.9. The molecule has 0 radical (unpaired) electrons. The van der Waals surface area contributed by atoms with Gasteiger partial charge in [-0.15, -0.1) is 0 Å². The van der Waals surface area contributed by atoms with E-state index in [2.05, 4.69) is 238 Å². The van der Waals surface area contributed by atoms with Crippen molar-refractivity contribution in [1.29, 1.82) is 0 Å². The molecule has 0 aliphatic carbocycles. The maximum Gasteiger partial charge on any atom is 0.137 e. The quantitative estimate of drug-likeness (QED) is 0.160. The maximum absolute atomic E-state index is 7.10. The first-order chi connectivity index (χ1) is 30.2. The first-order valence-electron chi connectivity index (χ1n) is 22.9. The van der Waals surface area contributed by atoms with Crippen LogP contribution in [-0.4, -0.2) is 16.2 Å². The number of hydrogen-bond acceptors (Lipinski definition) is 4. The van der Waals surface area contributed by atoms with Crippen molar-refractivity contribution in [3.63, 3.8) is 0 Å². The van der Waals surface area contributed by atoms with Gasteiger partial charge in [-0.2, -0.15) is 0 Å². The summed E-state index contributed by atoms with van der Waals surface area (Å²) in [6.07, 6.45) is 1.95. The molecule has 0 N–H and O–H groups in total. The number of benzene rings is 6. The Bertz CT molecular complexity index is 3030. The molecule has 64 heavy (non-hydrogen) atoms. The zero-order valence-corrected chi connectivity index (χ0v) is 40.2. The molecule has 3 heterocycles. The monoisotopic (exact) mass is 845 g/mol. The summed E-state index contributed by atoms with van der Waals surface area (Å²) in [4.78, 5) is 9.95. The molecule has 0 atom stereocenters. The minimum Gasteiger partial charge on any atom is -0.457 e. The van der Waals surface area contributed by atoms with Crippen LogP contribution in [0.3, 0.4) is 0 Å². The molecule has 0 fully saturated rings. The molecule has 0 spiro atoms. The highest BCUT2D eigenvalue weighted by Crippen LogP contribution is 2.49. The normalized spacial score (nSPS) is 13.6. The van der Waals surface area contributed by atoms with Crippen molar-refractivity contribution in [2.45, 2.75) is 112 Å². The van der Waals surface area contributed by atoms with Crippen LogP contribution in [0.15, 0.2) is 140 Å². The summed E-state index contributed by atoms with van der Waals surface area (Å²) in [5, 5.41) is 2.40. The minimum absolute atomic E-state index is 0.00758. The van der Waals surface area contributed by atoms with Crippen LogP contribution in [0.5, 0.6) is 11.5 Å². The summed E-state index contributed by atoms with van der Waals surface area (Å²) >= 11 is 0. The summed E-state index contributed by atoms with van der Waals surface area (Å²) in [5.74, 6) is 2.46. The standard InChI is InChI=1S/C59H64N4O/c1-38-28-51-52(29-39(38)2)62(45-31-42(57(6,7)8)30-43(32-45)58(9,10)11)37-61(51)44-22-19-23-46(34-44)64-47-35-49(59(12,13)40-20-15-14-16-21-40)55-48-24-17-18-25-50(48)63(53(55)36-47)54-33-41(26-27-60-54)56(3,4)5/h14-36H,37H2,1-13H3. The van der Waals surface area contributed by atoms with Crippen molar-refractivity contribution in [3.05, 3.63) is 179 Å². The lowest BCUT2D eigenvalue weighted by Gasteiger charge is -2.29. The summed E-state index contributed by atoms with van der Waals surface area (Å²) < 4.78 is 9.42. The van der Waals surface area contributed by atoms with Crippen LogP contribution in [0, 0.1) is 13.8 Å². The Morgan fingerprint density at radius 2 is 1.09 bits per heavy atom. The average Bonchev–Trinajstić information content (AvgIpc) is 3.78. The van der Waals surface area contributed by atoms with E-state index in [4.69, 9.17) is 9.72 Å². The van der Waals surface area contributed by atoms with E-state index < -0.39 is 0 Å². The van der Waals surface area contributed by atoms with Gasteiger partial charge in [-0.3, -0.25) is 4.57 Å². The summed E-state index contributed by atoms with van der Waals surface area (Å²) in [5.41, 5.74) is 15.4. The predicted octanol–water partition coefficient (Wildman–Crippen LogP) is 16.1. The van der Waals surface area contributed by atoms with Crippen molar-refractivity contribution in [1.82, 2.24) is 9.55 Å². The smallest absolute Gasteiger partial charge is 0.137 e. The van der Waals surface area contributed by atoms with E-state index in [-0.39, 0.29) is 21.7 Å². The van der Waals surface area contributed by atoms with E-state index in [0.29, 0.717) is 6.67 Å². The highest BCUT2D eigenvalue weighted by Gasteiger charge is 2.33. The molecule has 0 saturated heterocycles. The van der Waals surface area contributed by atoms with E-state index in [1.807, 2.05) is 6.20 Å².